The lowest BCUT2D eigenvalue weighted by Gasteiger charge is -2.35. The zero-order chi connectivity index (χ0) is 18.1. The van der Waals surface area contributed by atoms with E-state index in [0.29, 0.717) is 17.3 Å². The Hall–Kier alpha value is -2.88. The first-order valence-electron chi connectivity index (χ1n) is 9.05. The van der Waals surface area contributed by atoms with Gasteiger partial charge in [-0.3, -0.25) is 4.79 Å². The van der Waals surface area contributed by atoms with Crippen LogP contribution in [0.15, 0.2) is 59.0 Å². The van der Waals surface area contributed by atoms with Crippen LogP contribution in [0.2, 0.25) is 0 Å². The first-order chi connectivity index (χ1) is 12.6. The highest BCUT2D eigenvalue weighted by molar-refractivity contribution is 5.96. The van der Waals surface area contributed by atoms with Gasteiger partial charge in [-0.1, -0.05) is 36.4 Å². The molecule has 1 aromatic heterocycles. The summed E-state index contributed by atoms with van der Waals surface area (Å²) < 4.78 is 5.80. The van der Waals surface area contributed by atoms with Crippen LogP contribution in [0.4, 0.5) is 5.69 Å². The van der Waals surface area contributed by atoms with Gasteiger partial charge in [-0.2, -0.15) is 0 Å². The number of hydrogen-bond acceptors (Lipinski definition) is 3. The number of hydrogen-bond donors (Lipinski definition) is 0. The van der Waals surface area contributed by atoms with Gasteiger partial charge in [0.1, 0.15) is 5.76 Å². The minimum absolute atomic E-state index is 0.0701. The number of rotatable bonds is 3. The van der Waals surface area contributed by atoms with Crippen LogP contribution in [0.25, 0.3) is 11.5 Å². The number of aryl methyl sites for hydroxylation is 2. The maximum atomic E-state index is 13.1. The van der Waals surface area contributed by atoms with Gasteiger partial charge in [0.05, 0.1) is 12.1 Å². The van der Waals surface area contributed by atoms with Crippen LogP contribution in [0.1, 0.15) is 30.4 Å². The van der Waals surface area contributed by atoms with E-state index >= 15 is 0 Å². The van der Waals surface area contributed by atoms with Gasteiger partial charge < -0.3 is 9.32 Å². The van der Waals surface area contributed by atoms with E-state index in [9.17, 15) is 4.79 Å². The first kappa shape index (κ1) is 16.6. The van der Waals surface area contributed by atoms with Crippen molar-refractivity contribution in [1.29, 1.82) is 0 Å². The van der Waals surface area contributed by atoms with E-state index in [1.807, 2.05) is 60.4 Å². The number of fused-ring (bicyclic) bond motifs is 1. The molecule has 0 fully saturated rings. The number of carbonyl (C=O) groups excluding carboxylic acids is 1. The Bertz CT molecular complexity index is 930. The zero-order valence-electron chi connectivity index (χ0n) is 15.1. The Kier molecular flexibility index (Phi) is 4.33. The number of amides is 1. The molecule has 4 heteroatoms. The van der Waals surface area contributed by atoms with Crippen molar-refractivity contribution in [2.24, 2.45) is 0 Å². The number of benzene rings is 2. The summed E-state index contributed by atoms with van der Waals surface area (Å²) in [5.74, 6) is 1.34. The highest BCUT2D eigenvalue weighted by atomic mass is 16.4. The summed E-state index contributed by atoms with van der Waals surface area (Å²) in [6.45, 7) is 3.98. The van der Waals surface area contributed by atoms with E-state index in [1.54, 1.807) is 0 Å². The molecule has 0 saturated heterocycles. The molecule has 26 heavy (non-hydrogen) atoms. The molecule has 1 aliphatic heterocycles. The lowest BCUT2D eigenvalue weighted by molar-refractivity contribution is -0.118. The average molecular weight is 346 g/mol. The molecule has 2 aromatic carbocycles. The van der Waals surface area contributed by atoms with E-state index in [0.717, 1.165) is 24.1 Å². The van der Waals surface area contributed by atoms with Crippen LogP contribution in [0.3, 0.4) is 0 Å². The Morgan fingerprint density at radius 3 is 2.69 bits per heavy atom. The van der Waals surface area contributed by atoms with Crippen molar-refractivity contribution >= 4 is 11.6 Å². The van der Waals surface area contributed by atoms with Gasteiger partial charge in [0.15, 0.2) is 0 Å². The molecule has 0 aliphatic carbocycles. The fraction of sp³-hybridized carbons (Fsp3) is 0.273. The topological polar surface area (TPSA) is 46.3 Å². The Balaban J connectivity index is 1.60. The number of oxazole rings is 1. The second-order valence-corrected chi connectivity index (χ2v) is 6.84. The molecule has 0 bridgehead atoms. The molecule has 1 atom stereocenters. The Labute approximate surface area is 153 Å². The fourth-order valence-electron chi connectivity index (χ4n) is 3.59. The van der Waals surface area contributed by atoms with Crippen LogP contribution >= 0.6 is 0 Å². The Morgan fingerprint density at radius 1 is 1.15 bits per heavy atom. The van der Waals surface area contributed by atoms with Crippen LogP contribution in [0, 0.1) is 6.92 Å². The molecule has 3 aromatic rings. The molecule has 1 aliphatic rings. The number of para-hydroxylation sites is 1. The van der Waals surface area contributed by atoms with Crippen molar-refractivity contribution in [3.8, 4) is 11.5 Å². The molecule has 4 nitrogen and oxygen atoms in total. The third kappa shape index (κ3) is 3.03. The summed E-state index contributed by atoms with van der Waals surface area (Å²) in [4.78, 5) is 19.6. The van der Waals surface area contributed by atoms with Gasteiger partial charge in [0.2, 0.25) is 11.8 Å². The molecule has 0 saturated carbocycles. The van der Waals surface area contributed by atoms with Gasteiger partial charge in [-0.25, -0.2) is 4.98 Å². The predicted molar refractivity (Wildman–Crippen MR) is 102 cm³/mol. The number of nitrogens with zero attached hydrogens (tertiary/aromatic N) is 2. The highest BCUT2D eigenvalue weighted by Crippen LogP contribution is 2.31. The third-order valence-corrected chi connectivity index (χ3v) is 5.02. The smallest absolute Gasteiger partial charge is 0.233 e. The molecule has 0 N–H and O–H groups in total. The van der Waals surface area contributed by atoms with Gasteiger partial charge in [-0.05, 0) is 50.5 Å². The molecule has 0 radical (unpaired) electrons. The van der Waals surface area contributed by atoms with Gasteiger partial charge in [0, 0.05) is 17.3 Å². The van der Waals surface area contributed by atoms with E-state index < -0.39 is 0 Å². The van der Waals surface area contributed by atoms with Gasteiger partial charge in [0.25, 0.3) is 0 Å². The minimum atomic E-state index is 0.0701. The van der Waals surface area contributed by atoms with Crippen molar-refractivity contribution in [1.82, 2.24) is 4.98 Å². The normalized spacial score (nSPS) is 16.4. The lowest BCUT2D eigenvalue weighted by Crippen LogP contribution is -2.43. The molecule has 0 spiro atoms. The zero-order valence-corrected chi connectivity index (χ0v) is 15.1. The third-order valence-electron chi connectivity index (χ3n) is 5.02. The molecular formula is C22H22N2O2. The molecule has 1 unspecified atom stereocenters. The van der Waals surface area contributed by atoms with Crippen molar-refractivity contribution in [3.63, 3.8) is 0 Å². The molecule has 132 valence electrons. The lowest BCUT2D eigenvalue weighted by atomic mass is 9.96. The van der Waals surface area contributed by atoms with Crippen LogP contribution in [0.5, 0.6) is 0 Å². The van der Waals surface area contributed by atoms with Crippen LogP contribution in [-0.2, 0) is 17.6 Å². The number of anilines is 1. The molecule has 2 heterocycles. The minimum Gasteiger partial charge on any atom is -0.441 e. The van der Waals surface area contributed by atoms with E-state index in [4.69, 9.17) is 4.42 Å². The van der Waals surface area contributed by atoms with E-state index in [1.165, 1.54) is 5.56 Å². The predicted octanol–water partition coefficient (Wildman–Crippen LogP) is 4.56. The summed E-state index contributed by atoms with van der Waals surface area (Å²) in [6, 6.07) is 18.1. The summed E-state index contributed by atoms with van der Waals surface area (Å²) in [5.41, 5.74) is 3.90. The van der Waals surface area contributed by atoms with E-state index in [-0.39, 0.29) is 18.4 Å². The summed E-state index contributed by atoms with van der Waals surface area (Å²) >= 11 is 0. The summed E-state index contributed by atoms with van der Waals surface area (Å²) in [7, 11) is 0. The van der Waals surface area contributed by atoms with Crippen molar-refractivity contribution in [3.05, 3.63) is 71.6 Å². The quantitative estimate of drug-likeness (QED) is 0.698. The van der Waals surface area contributed by atoms with Crippen LogP contribution < -0.4 is 4.90 Å². The second-order valence-electron chi connectivity index (χ2n) is 6.84. The van der Waals surface area contributed by atoms with Crippen molar-refractivity contribution in [2.75, 3.05) is 4.90 Å². The SMILES string of the molecule is Cc1oc(-c2ccccc2)nc1CC(=O)N1c2ccccc2CCC1C. The average Bonchev–Trinajstić information content (AvgIpc) is 3.02. The molecular weight excluding hydrogens is 324 g/mol. The maximum absolute atomic E-state index is 13.1. The van der Waals surface area contributed by atoms with Gasteiger partial charge in [-0.15, -0.1) is 0 Å². The Morgan fingerprint density at radius 2 is 1.88 bits per heavy atom. The maximum Gasteiger partial charge on any atom is 0.233 e. The number of carbonyl (C=O) groups is 1. The van der Waals surface area contributed by atoms with Crippen LogP contribution in [-0.4, -0.2) is 16.9 Å². The van der Waals surface area contributed by atoms with E-state index in [2.05, 4.69) is 18.0 Å². The largest absolute Gasteiger partial charge is 0.441 e. The van der Waals surface area contributed by atoms with Crippen molar-refractivity contribution < 1.29 is 9.21 Å². The summed E-state index contributed by atoms with van der Waals surface area (Å²) in [6.07, 6.45) is 2.25. The second kappa shape index (κ2) is 6.79. The molecule has 1 amide bonds. The first-order valence-corrected chi connectivity index (χ1v) is 9.05. The standard InChI is InChI=1S/C22H22N2O2/c1-15-12-13-17-8-6-7-11-20(17)24(15)21(25)14-19-16(2)26-22(23-19)18-9-4-3-5-10-18/h3-11,15H,12-14H2,1-2H3. The fourth-order valence-corrected chi connectivity index (χ4v) is 3.59. The summed E-state index contributed by atoms with van der Waals surface area (Å²) in [5, 5.41) is 0. The number of aromatic nitrogens is 1. The molecule has 4 rings (SSSR count). The van der Waals surface area contributed by atoms with Gasteiger partial charge >= 0.3 is 0 Å². The highest BCUT2D eigenvalue weighted by Gasteiger charge is 2.29. The van der Waals surface area contributed by atoms with Crippen molar-refractivity contribution in [2.45, 2.75) is 39.2 Å². The monoisotopic (exact) mass is 346 g/mol.